The third kappa shape index (κ3) is 4.66. The molecule has 0 radical (unpaired) electrons. The van der Waals surface area contributed by atoms with Crippen LogP contribution in [-0.4, -0.2) is 28.9 Å². The summed E-state index contributed by atoms with van der Waals surface area (Å²) in [5.41, 5.74) is 5.20. The summed E-state index contributed by atoms with van der Waals surface area (Å²) in [6, 6.07) is 16.5. The van der Waals surface area contributed by atoms with Gasteiger partial charge in [-0.05, 0) is 42.7 Å². The molecule has 0 fully saturated rings. The molecule has 170 valence electrons. The number of sulfonamides is 1. The summed E-state index contributed by atoms with van der Waals surface area (Å²) in [5, 5.41) is 0. The Morgan fingerprint density at radius 2 is 1.85 bits per heavy atom. The maximum Gasteiger partial charge on any atom is 0.264 e. The first kappa shape index (κ1) is 22.7. The first-order valence-electron chi connectivity index (χ1n) is 10.8. The zero-order chi connectivity index (χ0) is 23.6. The number of carbonyl (C=O) groups is 1. The van der Waals surface area contributed by atoms with Gasteiger partial charge in [0.25, 0.3) is 10.0 Å². The molecule has 0 saturated carbocycles. The number of fused-ring (bicyclic) bond motifs is 1. The van der Waals surface area contributed by atoms with Crippen molar-refractivity contribution in [3.63, 3.8) is 0 Å². The summed E-state index contributed by atoms with van der Waals surface area (Å²) in [5.74, 6) is 0.399. The smallest absolute Gasteiger partial charge is 0.264 e. The number of amides is 1. The van der Waals surface area contributed by atoms with Crippen LogP contribution in [0.1, 0.15) is 37.2 Å². The topological polar surface area (TPSA) is 94.0 Å². The summed E-state index contributed by atoms with van der Waals surface area (Å²) in [7, 11) is -3.98. The van der Waals surface area contributed by atoms with Crippen LogP contribution in [0.15, 0.2) is 65.7 Å². The Labute approximate surface area is 193 Å². The molecule has 0 aliphatic heterocycles. The average Bonchev–Trinajstić information content (AvgIpc) is 3.12. The van der Waals surface area contributed by atoms with Gasteiger partial charge in [0.15, 0.2) is 0 Å². The van der Waals surface area contributed by atoms with Crippen LogP contribution in [0.4, 0.5) is 0 Å². The number of rotatable bonds is 7. The van der Waals surface area contributed by atoms with Crippen molar-refractivity contribution in [1.82, 2.24) is 19.3 Å². The standard InChI is InChI=1S/C25H26N4O3S/c1-4-8-24-27-25-17(2)9-7-11-22(25)29(24)16-19-13-14-21(26-15-19)20-10-5-6-12-23(20)33(31,32)28-18(3)30/h5-7,9-15H,4,8,16H2,1-3H3,(H,28,30). The van der Waals surface area contributed by atoms with E-state index in [-0.39, 0.29) is 4.90 Å². The van der Waals surface area contributed by atoms with Crippen LogP contribution >= 0.6 is 0 Å². The fourth-order valence-corrected chi connectivity index (χ4v) is 5.15. The minimum absolute atomic E-state index is 0.0155. The number of nitrogens with zero attached hydrogens (tertiary/aromatic N) is 3. The largest absolute Gasteiger partial charge is 0.323 e. The molecule has 1 amide bonds. The van der Waals surface area contributed by atoms with Crippen molar-refractivity contribution in [2.75, 3.05) is 0 Å². The highest BCUT2D eigenvalue weighted by molar-refractivity contribution is 7.90. The summed E-state index contributed by atoms with van der Waals surface area (Å²) in [6.07, 6.45) is 3.64. The second kappa shape index (κ2) is 9.15. The van der Waals surface area contributed by atoms with E-state index in [0.29, 0.717) is 17.8 Å². The van der Waals surface area contributed by atoms with Crippen molar-refractivity contribution in [3.05, 3.63) is 77.7 Å². The quantitative estimate of drug-likeness (QED) is 0.444. The fourth-order valence-electron chi connectivity index (χ4n) is 3.94. The van der Waals surface area contributed by atoms with Crippen molar-refractivity contribution >= 4 is 27.0 Å². The molecule has 33 heavy (non-hydrogen) atoms. The molecule has 7 nitrogen and oxygen atoms in total. The average molecular weight is 463 g/mol. The van der Waals surface area contributed by atoms with Crippen molar-refractivity contribution in [3.8, 4) is 11.3 Å². The van der Waals surface area contributed by atoms with Gasteiger partial charge in [-0.3, -0.25) is 9.78 Å². The predicted molar refractivity (Wildman–Crippen MR) is 128 cm³/mol. The molecule has 0 atom stereocenters. The van der Waals surface area contributed by atoms with Crippen molar-refractivity contribution in [1.29, 1.82) is 0 Å². The van der Waals surface area contributed by atoms with E-state index < -0.39 is 15.9 Å². The van der Waals surface area contributed by atoms with Gasteiger partial charge < -0.3 is 4.57 Å². The van der Waals surface area contributed by atoms with E-state index in [1.54, 1.807) is 30.5 Å². The van der Waals surface area contributed by atoms with E-state index in [9.17, 15) is 13.2 Å². The van der Waals surface area contributed by atoms with Crippen molar-refractivity contribution < 1.29 is 13.2 Å². The number of hydrogen-bond donors (Lipinski definition) is 1. The van der Waals surface area contributed by atoms with Gasteiger partial charge in [0.05, 0.1) is 28.2 Å². The van der Waals surface area contributed by atoms with Crippen LogP contribution < -0.4 is 4.72 Å². The molecular formula is C25H26N4O3S. The van der Waals surface area contributed by atoms with Gasteiger partial charge >= 0.3 is 0 Å². The summed E-state index contributed by atoms with van der Waals surface area (Å²) < 4.78 is 29.4. The summed E-state index contributed by atoms with van der Waals surface area (Å²) in [6.45, 7) is 5.99. The number of nitrogens with one attached hydrogen (secondary N) is 1. The number of imidazole rings is 1. The molecule has 0 spiro atoms. The number of benzene rings is 2. The molecule has 1 N–H and O–H groups in total. The predicted octanol–water partition coefficient (Wildman–Crippen LogP) is 4.23. The lowest BCUT2D eigenvalue weighted by Crippen LogP contribution is -2.28. The Morgan fingerprint density at radius 3 is 2.55 bits per heavy atom. The highest BCUT2D eigenvalue weighted by atomic mass is 32.2. The normalized spacial score (nSPS) is 11.6. The number of hydrogen-bond acceptors (Lipinski definition) is 5. The number of pyridine rings is 1. The third-order valence-corrected chi connectivity index (χ3v) is 6.92. The second-order valence-electron chi connectivity index (χ2n) is 8.02. The van der Waals surface area contributed by atoms with Crippen LogP contribution in [0.2, 0.25) is 0 Å². The highest BCUT2D eigenvalue weighted by Gasteiger charge is 2.21. The van der Waals surface area contributed by atoms with Crippen LogP contribution in [0.3, 0.4) is 0 Å². The van der Waals surface area contributed by atoms with Crippen LogP contribution in [0, 0.1) is 6.92 Å². The Hall–Kier alpha value is -3.52. The van der Waals surface area contributed by atoms with Crippen LogP contribution in [0.25, 0.3) is 22.3 Å². The van der Waals surface area contributed by atoms with Gasteiger partial charge in [0.2, 0.25) is 5.91 Å². The molecule has 2 heterocycles. The summed E-state index contributed by atoms with van der Waals surface area (Å²) >= 11 is 0. The molecule has 8 heteroatoms. The molecule has 0 bridgehead atoms. The number of aromatic nitrogens is 3. The molecule has 4 aromatic rings. The van der Waals surface area contributed by atoms with Crippen molar-refractivity contribution in [2.24, 2.45) is 0 Å². The Morgan fingerprint density at radius 1 is 1.06 bits per heavy atom. The monoisotopic (exact) mass is 462 g/mol. The molecule has 0 aliphatic rings. The third-order valence-electron chi connectivity index (χ3n) is 5.43. The zero-order valence-electron chi connectivity index (χ0n) is 18.9. The van der Waals surface area contributed by atoms with Gasteiger partial charge in [0, 0.05) is 25.1 Å². The SMILES string of the molecule is CCCc1nc2c(C)cccc2n1Cc1ccc(-c2ccccc2S(=O)(=O)NC(C)=O)nc1. The Bertz CT molecular complexity index is 1420. The lowest BCUT2D eigenvalue weighted by Gasteiger charge is -2.12. The van der Waals surface area contributed by atoms with Crippen molar-refractivity contribution in [2.45, 2.75) is 45.1 Å². The Balaban J connectivity index is 1.69. The van der Waals surface area contributed by atoms with Gasteiger partial charge in [0.1, 0.15) is 5.82 Å². The molecule has 2 aromatic carbocycles. The highest BCUT2D eigenvalue weighted by Crippen LogP contribution is 2.27. The zero-order valence-corrected chi connectivity index (χ0v) is 19.7. The molecule has 2 aromatic heterocycles. The number of carbonyl (C=O) groups excluding carboxylic acids is 1. The lowest BCUT2D eigenvalue weighted by atomic mass is 10.1. The number of para-hydroxylation sites is 1. The van der Waals surface area contributed by atoms with E-state index in [1.165, 1.54) is 13.0 Å². The maximum atomic E-state index is 12.6. The fraction of sp³-hybridized carbons (Fsp3) is 0.240. The van der Waals surface area contributed by atoms with Gasteiger partial charge in [-0.25, -0.2) is 18.1 Å². The van der Waals surface area contributed by atoms with Crippen LogP contribution in [-0.2, 0) is 27.8 Å². The molecule has 0 unspecified atom stereocenters. The molecule has 4 rings (SSSR count). The molecular weight excluding hydrogens is 436 g/mol. The first-order valence-corrected chi connectivity index (χ1v) is 12.3. The van der Waals surface area contributed by atoms with E-state index in [0.717, 1.165) is 40.8 Å². The summed E-state index contributed by atoms with van der Waals surface area (Å²) in [4.78, 5) is 20.8. The van der Waals surface area contributed by atoms with E-state index in [4.69, 9.17) is 4.98 Å². The molecule has 0 aliphatic carbocycles. The lowest BCUT2D eigenvalue weighted by molar-refractivity contribution is -0.117. The number of aryl methyl sites for hydroxylation is 2. The van der Waals surface area contributed by atoms with Gasteiger partial charge in [-0.1, -0.05) is 43.3 Å². The van der Waals surface area contributed by atoms with Gasteiger partial charge in [-0.2, -0.15) is 0 Å². The minimum atomic E-state index is -3.98. The molecule has 0 saturated heterocycles. The van der Waals surface area contributed by atoms with Crippen LogP contribution in [0.5, 0.6) is 0 Å². The Kier molecular flexibility index (Phi) is 6.29. The van der Waals surface area contributed by atoms with E-state index >= 15 is 0 Å². The van der Waals surface area contributed by atoms with E-state index in [1.807, 2.05) is 16.9 Å². The van der Waals surface area contributed by atoms with Gasteiger partial charge in [-0.15, -0.1) is 0 Å². The minimum Gasteiger partial charge on any atom is -0.323 e. The van der Waals surface area contributed by atoms with E-state index in [2.05, 4.69) is 35.5 Å². The first-order chi connectivity index (χ1) is 15.8. The second-order valence-corrected chi connectivity index (χ2v) is 9.67. The maximum absolute atomic E-state index is 12.6.